The molecule has 1 saturated heterocycles. The summed E-state index contributed by atoms with van der Waals surface area (Å²) in [6.45, 7) is 6.00. The number of aliphatic imine (C=N–C) groups is 1. The molecule has 1 fully saturated rings. The molecule has 0 bridgehead atoms. The molecule has 33 heavy (non-hydrogen) atoms. The molecule has 3 aromatic rings. The summed E-state index contributed by atoms with van der Waals surface area (Å²) in [7, 11) is 1.81. The Balaban J connectivity index is 1.24. The highest BCUT2D eigenvalue weighted by Crippen LogP contribution is 2.22. The Morgan fingerprint density at radius 1 is 1.09 bits per heavy atom. The molecule has 0 aliphatic carbocycles. The third kappa shape index (κ3) is 6.36. The van der Waals surface area contributed by atoms with E-state index in [1.807, 2.05) is 7.05 Å². The van der Waals surface area contributed by atoms with Crippen LogP contribution in [0.1, 0.15) is 42.0 Å². The van der Waals surface area contributed by atoms with Crippen molar-refractivity contribution >= 4 is 16.9 Å². The minimum Gasteiger partial charge on any atom is -0.381 e. The third-order valence-corrected chi connectivity index (χ3v) is 6.28. The van der Waals surface area contributed by atoms with Crippen LogP contribution in [0.5, 0.6) is 0 Å². The van der Waals surface area contributed by atoms with Crippen molar-refractivity contribution < 1.29 is 9.47 Å². The van der Waals surface area contributed by atoms with Gasteiger partial charge in [-0.1, -0.05) is 49.4 Å². The second kappa shape index (κ2) is 11.9. The molecule has 6 nitrogen and oxygen atoms in total. The van der Waals surface area contributed by atoms with Gasteiger partial charge in [0.05, 0.1) is 12.7 Å². The fraction of sp³-hybridized carbons (Fsp3) is 0.444. The molecule has 2 aromatic carbocycles. The Hall–Kier alpha value is -2.83. The number of para-hydroxylation sites is 1. The van der Waals surface area contributed by atoms with Crippen molar-refractivity contribution in [3.63, 3.8) is 0 Å². The number of ether oxygens (including phenoxy) is 2. The van der Waals surface area contributed by atoms with Crippen LogP contribution >= 0.6 is 0 Å². The monoisotopic (exact) mass is 448 g/mol. The maximum atomic E-state index is 6.07. The van der Waals surface area contributed by atoms with E-state index < -0.39 is 0 Å². The van der Waals surface area contributed by atoms with Crippen molar-refractivity contribution in [1.82, 2.24) is 15.6 Å². The van der Waals surface area contributed by atoms with Crippen molar-refractivity contribution in [3.8, 4) is 0 Å². The summed E-state index contributed by atoms with van der Waals surface area (Å²) in [6.07, 6.45) is 6.40. The molecular formula is C27H36N4O2. The van der Waals surface area contributed by atoms with E-state index in [1.165, 1.54) is 33.2 Å². The molecule has 0 spiro atoms. The van der Waals surface area contributed by atoms with Crippen LogP contribution in [0.2, 0.25) is 0 Å². The second-order valence-corrected chi connectivity index (χ2v) is 8.55. The number of hydrogen-bond donors (Lipinski definition) is 3. The zero-order chi connectivity index (χ0) is 22.9. The number of nitrogens with zero attached hydrogens (tertiary/aromatic N) is 1. The fourth-order valence-corrected chi connectivity index (χ4v) is 4.38. The first-order valence-electron chi connectivity index (χ1n) is 12.1. The highest BCUT2D eigenvalue weighted by molar-refractivity contribution is 5.86. The average Bonchev–Trinajstić information content (AvgIpc) is 3.29. The topological polar surface area (TPSA) is 70.7 Å². The van der Waals surface area contributed by atoms with Crippen LogP contribution in [0.25, 0.3) is 10.9 Å². The van der Waals surface area contributed by atoms with Gasteiger partial charge < -0.3 is 25.1 Å². The van der Waals surface area contributed by atoms with Gasteiger partial charge in [0.15, 0.2) is 5.96 Å². The first kappa shape index (κ1) is 23.3. The van der Waals surface area contributed by atoms with E-state index in [4.69, 9.17) is 9.47 Å². The molecule has 4 rings (SSSR count). The molecule has 1 aliphatic heterocycles. The van der Waals surface area contributed by atoms with E-state index in [9.17, 15) is 0 Å². The lowest BCUT2D eigenvalue weighted by molar-refractivity contribution is -0.0390. The minimum atomic E-state index is 0.314. The number of guanidine groups is 1. The molecule has 176 valence electrons. The minimum absolute atomic E-state index is 0.314. The average molecular weight is 449 g/mol. The number of aryl methyl sites for hydroxylation is 1. The first-order valence-corrected chi connectivity index (χ1v) is 12.1. The number of benzene rings is 2. The molecule has 0 unspecified atom stereocenters. The lowest BCUT2D eigenvalue weighted by Crippen LogP contribution is -2.37. The van der Waals surface area contributed by atoms with Gasteiger partial charge in [-0.25, -0.2) is 0 Å². The van der Waals surface area contributed by atoms with Gasteiger partial charge in [-0.3, -0.25) is 4.99 Å². The first-order chi connectivity index (χ1) is 16.3. The predicted octanol–water partition coefficient (Wildman–Crippen LogP) is 4.33. The number of rotatable bonds is 9. The predicted molar refractivity (Wildman–Crippen MR) is 135 cm³/mol. The molecule has 3 N–H and O–H groups in total. The standard InChI is InChI=1S/C27H36N4O2/c1-3-22-8-5-9-25-23(18-30-26(22)25)10-13-29-27(28-2)31-17-20-6-4-7-21(16-20)19-33-24-11-14-32-15-12-24/h4-9,16,18,24,30H,3,10-15,17,19H2,1-2H3,(H2,28,29,31). The molecular weight excluding hydrogens is 412 g/mol. The number of nitrogens with one attached hydrogen (secondary N) is 3. The van der Waals surface area contributed by atoms with Gasteiger partial charge in [0, 0.05) is 50.5 Å². The molecule has 0 radical (unpaired) electrons. The summed E-state index contributed by atoms with van der Waals surface area (Å²) in [5.41, 5.74) is 6.38. The van der Waals surface area contributed by atoms with E-state index in [1.54, 1.807) is 0 Å². The number of H-pyrrole nitrogens is 1. The highest BCUT2D eigenvalue weighted by atomic mass is 16.5. The van der Waals surface area contributed by atoms with Crippen molar-refractivity contribution in [2.75, 3.05) is 26.8 Å². The zero-order valence-electron chi connectivity index (χ0n) is 19.8. The van der Waals surface area contributed by atoms with E-state index >= 15 is 0 Å². The van der Waals surface area contributed by atoms with Gasteiger partial charge in [-0.2, -0.15) is 0 Å². The quantitative estimate of drug-likeness (QED) is 0.337. The molecule has 6 heteroatoms. The Morgan fingerprint density at radius 2 is 1.91 bits per heavy atom. The third-order valence-electron chi connectivity index (χ3n) is 6.28. The summed E-state index contributed by atoms with van der Waals surface area (Å²) in [5.74, 6) is 0.813. The molecule has 2 heterocycles. The van der Waals surface area contributed by atoms with E-state index in [0.717, 1.165) is 57.9 Å². The van der Waals surface area contributed by atoms with Crippen molar-refractivity contribution in [1.29, 1.82) is 0 Å². The van der Waals surface area contributed by atoms with Crippen LogP contribution in [0.3, 0.4) is 0 Å². The van der Waals surface area contributed by atoms with E-state index in [2.05, 4.69) is 76.2 Å². The van der Waals surface area contributed by atoms with Crippen LogP contribution in [0, 0.1) is 0 Å². The summed E-state index contributed by atoms with van der Waals surface area (Å²) >= 11 is 0. The maximum Gasteiger partial charge on any atom is 0.191 e. The van der Waals surface area contributed by atoms with Crippen molar-refractivity contribution in [2.45, 2.75) is 51.9 Å². The number of aromatic nitrogens is 1. The summed E-state index contributed by atoms with van der Waals surface area (Å²) in [4.78, 5) is 7.83. The van der Waals surface area contributed by atoms with Gasteiger partial charge >= 0.3 is 0 Å². The normalized spacial score (nSPS) is 15.2. The summed E-state index contributed by atoms with van der Waals surface area (Å²) in [5, 5.41) is 8.19. The van der Waals surface area contributed by atoms with E-state index in [-0.39, 0.29) is 0 Å². The smallest absolute Gasteiger partial charge is 0.191 e. The zero-order valence-corrected chi connectivity index (χ0v) is 19.8. The van der Waals surface area contributed by atoms with Gasteiger partial charge in [0.2, 0.25) is 0 Å². The van der Waals surface area contributed by atoms with Crippen LogP contribution in [-0.2, 0) is 35.5 Å². The molecule has 0 saturated carbocycles. The second-order valence-electron chi connectivity index (χ2n) is 8.55. The number of hydrogen-bond acceptors (Lipinski definition) is 3. The lowest BCUT2D eigenvalue weighted by atomic mass is 10.1. The maximum absolute atomic E-state index is 6.07. The molecule has 1 aromatic heterocycles. The number of aromatic amines is 1. The SMILES string of the molecule is CCc1cccc2c(CCNC(=NC)NCc3cccc(COC4CCOCC4)c3)c[nH]c12. The summed E-state index contributed by atoms with van der Waals surface area (Å²) < 4.78 is 11.5. The Kier molecular flexibility index (Phi) is 8.39. The largest absolute Gasteiger partial charge is 0.381 e. The van der Waals surface area contributed by atoms with Crippen LogP contribution < -0.4 is 10.6 Å². The Bertz CT molecular complexity index is 1050. The molecule has 1 aliphatic rings. The van der Waals surface area contributed by atoms with Gasteiger partial charge in [-0.15, -0.1) is 0 Å². The Labute approximate surface area is 196 Å². The van der Waals surface area contributed by atoms with Gasteiger partial charge in [0.25, 0.3) is 0 Å². The highest BCUT2D eigenvalue weighted by Gasteiger charge is 2.14. The van der Waals surface area contributed by atoms with Gasteiger partial charge in [0.1, 0.15) is 0 Å². The van der Waals surface area contributed by atoms with E-state index in [0.29, 0.717) is 12.7 Å². The van der Waals surface area contributed by atoms with Crippen LogP contribution in [0.4, 0.5) is 0 Å². The lowest BCUT2D eigenvalue weighted by Gasteiger charge is -2.22. The molecule has 0 atom stereocenters. The van der Waals surface area contributed by atoms with Crippen LogP contribution in [-0.4, -0.2) is 43.9 Å². The molecule has 0 amide bonds. The summed E-state index contributed by atoms with van der Waals surface area (Å²) in [6, 6.07) is 15.1. The van der Waals surface area contributed by atoms with Crippen molar-refractivity contribution in [3.05, 3.63) is 70.9 Å². The fourth-order valence-electron chi connectivity index (χ4n) is 4.38. The van der Waals surface area contributed by atoms with Crippen molar-refractivity contribution in [2.24, 2.45) is 4.99 Å². The van der Waals surface area contributed by atoms with Crippen LogP contribution in [0.15, 0.2) is 53.7 Å². The van der Waals surface area contributed by atoms with Gasteiger partial charge in [-0.05, 0) is 47.9 Å². The number of fused-ring (bicyclic) bond motifs is 1. The Morgan fingerprint density at radius 3 is 2.73 bits per heavy atom.